The summed E-state index contributed by atoms with van der Waals surface area (Å²) in [6, 6.07) is 8.45. The molecule has 184 valence electrons. The van der Waals surface area contributed by atoms with Gasteiger partial charge in [-0.2, -0.15) is 0 Å². The Balaban J connectivity index is 1.76. The highest BCUT2D eigenvalue weighted by Crippen LogP contribution is 2.39. The van der Waals surface area contributed by atoms with Gasteiger partial charge in [-0.1, -0.05) is 31.9 Å². The molecular formula is C26H30N4O4S. The van der Waals surface area contributed by atoms with Crippen molar-refractivity contribution in [3.05, 3.63) is 57.9 Å². The van der Waals surface area contributed by atoms with Crippen LogP contribution in [0.3, 0.4) is 0 Å². The molecule has 4 rings (SSSR count). The van der Waals surface area contributed by atoms with E-state index < -0.39 is 17.8 Å². The lowest BCUT2D eigenvalue weighted by molar-refractivity contribution is -0.121. The van der Waals surface area contributed by atoms with Crippen LogP contribution in [0, 0.1) is 13.8 Å². The second-order valence-electron chi connectivity index (χ2n) is 8.71. The number of amides is 2. The average Bonchev–Trinajstić information content (AvgIpc) is 3.00. The number of ether oxygens (including phenoxy) is 1. The predicted molar refractivity (Wildman–Crippen MR) is 134 cm³/mol. The van der Waals surface area contributed by atoms with E-state index >= 15 is 0 Å². The Bertz CT molecular complexity index is 1150. The fourth-order valence-corrected chi connectivity index (χ4v) is 5.38. The zero-order chi connectivity index (χ0) is 24.9. The molecule has 0 atom stereocenters. The number of para-hydroxylation sites is 1. The molecule has 0 N–H and O–H groups in total. The first-order chi connectivity index (χ1) is 16.9. The van der Waals surface area contributed by atoms with Gasteiger partial charge in [0.25, 0.3) is 11.8 Å². The van der Waals surface area contributed by atoms with Crippen LogP contribution in [0.15, 0.2) is 46.1 Å². The minimum absolute atomic E-state index is 0.187. The number of imide groups is 1. The number of esters is 1. The van der Waals surface area contributed by atoms with Gasteiger partial charge >= 0.3 is 5.97 Å². The first-order valence-electron chi connectivity index (χ1n) is 12.0. The van der Waals surface area contributed by atoms with Crippen LogP contribution in [-0.2, 0) is 14.3 Å². The Kier molecular flexibility index (Phi) is 7.85. The summed E-state index contributed by atoms with van der Waals surface area (Å²) in [6.45, 7) is 7.30. The topological polar surface area (TPSA) is 92.7 Å². The van der Waals surface area contributed by atoms with Crippen molar-refractivity contribution in [2.75, 3.05) is 24.6 Å². The van der Waals surface area contributed by atoms with E-state index in [2.05, 4.69) is 9.97 Å². The highest BCUT2D eigenvalue weighted by molar-refractivity contribution is 8.04. The van der Waals surface area contributed by atoms with Crippen molar-refractivity contribution in [1.29, 1.82) is 0 Å². The van der Waals surface area contributed by atoms with Crippen molar-refractivity contribution in [3.63, 3.8) is 0 Å². The van der Waals surface area contributed by atoms with Gasteiger partial charge in [0.15, 0.2) is 5.16 Å². The molecular weight excluding hydrogens is 464 g/mol. The molecule has 2 aliphatic rings. The van der Waals surface area contributed by atoms with Crippen molar-refractivity contribution in [1.82, 2.24) is 14.9 Å². The number of rotatable bonds is 7. The van der Waals surface area contributed by atoms with Crippen LogP contribution in [0.25, 0.3) is 0 Å². The minimum atomic E-state index is -0.557. The molecule has 1 fully saturated rings. The van der Waals surface area contributed by atoms with Crippen LogP contribution in [0.4, 0.5) is 5.69 Å². The molecule has 2 aromatic rings. The van der Waals surface area contributed by atoms with E-state index in [9.17, 15) is 14.4 Å². The zero-order valence-electron chi connectivity index (χ0n) is 20.4. The summed E-state index contributed by atoms with van der Waals surface area (Å²) in [6.07, 6.45) is 4.74. The molecule has 0 radical (unpaired) electrons. The standard InChI is InChI=1S/C26H30N4O4S/c1-4-15-34-25(33)19-11-7-8-12-20(19)30-23(31)21(29-13-9-5-6-10-14-29)22(24(30)32)35-26-27-17(2)16-18(3)28-26/h7-8,11-12,16H,4-6,9-10,13-15H2,1-3H3. The first-order valence-corrected chi connectivity index (χ1v) is 12.9. The molecule has 0 bridgehead atoms. The largest absolute Gasteiger partial charge is 0.462 e. The third kappa shape index (κ3) is 5.40. The second kappa shape index (κ2) is 11.0. The zero-order valence-corrected chi connectivity index (χ0v) is 21.2. The molecule has 1 aromatic heterocycles. The molecule has 2 amide bonds. The van der Waals surface area contributed by atoms with E-state index in [0.29, 0.717) is 35.3 Å². The maximum absolute atomic E-state index is 13.9. The number of hydrogen-bond acceptors (Lipinski definition) is 8. The van der Waals surface area contributed by atoms with Gasteiger partial charge in [0.1, 0.15) is 10.6 Å². The monoisotopic (exact) mass is 494 g/mol. The van der Waals surface area contributed by atoms with Crippen LogP contribution < -0.4 is 4.90 Å². The molecule has 35 heavy (non-hydrogen) atoms. The van der Waals surface area contributed by atoms with Crippen LogP contribution in [0.1, 0.15) is 60.8 Å². The number of hydrogen-bond donors (Lipinski definition) is 0. The molecule has 9 heteroatoms. The van der Waals surface area contributed by atoms with E-state index in [-0.39, 0.29) is 17.9 Å². The number of anilines is 1. The highest BCUT2D eigenvalue weighted by Gasteiger charge is 2.44. The van der Waals surface area contributed by atoms with Crippen molar-refractivity contribution in [2.45, 2.75) is 58.0 Å². The van der Waals surface area contributed by atoms with E-state index in [1.807, 2.05) is 31.7 Å². The summed E-state index contributed by atoms with van der Waals surface area (Å²) in [4.78, 5) is 52.8. The molecule has 1 saturated heterocycles. The summed E-state index contributed by atoms with van der Waals surface area (Å²) >= 11 is 1.11. The van der Waals surface area contributed by atoms with Gasteiger partial charge in [-0.25, -0.2) is 19.7 Å². The van der Waals surface area contributed by atoms with Gasteiger partial charge in [-0.3, -0.25) is 9.59 Å². The normalized spacial score (nSPS) is 16.7. The van der Waals surface area contributed by atoms with Gasteiger partial charge in [0, 0.05) is 24.5 Å². The van der Waals surface area contributed by atoms with E-state index in [1.54, 1.807) is 24.3 Å². The molecule has 1 aromatic carbocycles. The van der Waals surface area contributed by atoms with Crippen molar-refractivity contribution < 1.29 is 19.1 Å². The smallest absolute Gasteiger partial charge is 0.340 e. The Hall–Kier alpha value is -3.20. The molecule has 0 saturated carbocycles. The quantitative estimate of drug-likeness (QED) is 0.317. The second-order valence-corrected chi connectivity index (χ2v) is 9.69. The summed E-state index contributed by atoms with van der Waals surface area (Å²) < 4.78 is 5.32. The van der Waals surface area contributed by atoms with Crippen LogP contribution in [-0.4, -0.2) is 52.3 Å². The first kappa shape index (κ1) is 24.9. The lowest BCUT2D eigenvalue weighted by Crippen LogP contribution is -2.36. The number of nitrogens with zero attached hydrogens (tertiary/aromatic N) is 4. The van der Waals surface area contributed by atoms with E-state index in [4.69, 9.17) is 4.74 Å². The van der Waals surface area contributed by atoms with Gasteiger partial charge in [0.2, 0.25) is 0 Å². The number of carbonyl (C=O) groups excluding carboxylic acids is 3. The Labute approximate surface area is 209 Å². The van der Waals surface area contributed by atoms with E-state index in [0.717, 1.165) is 53.7 Å². The summed E-state index contributed by atoms with van der Waals surface area (Å²) in [5, 5.41) is 0.420. The molecule has 0 aliphatic carbocycles. The number of aromatic nitrogens is 2. The molecule has 3 heterocycles. The molecule has 0 spiro atoms. The maximum atomic E-state index is 13.9. The summed E-state index contributed by atoms with van der Waals surface area (Å²) in [5.41, 5.74) is 2.35. The Morgan fingerprint density at radius 3 is 2.31 bits per heavy atom. The fraction of sp³-hybridized carbons (Fsp3) is 0.423. The third-order valence-corrected chi connectivity index (χ3v) is 6.83. The van der Waals surface area contributed by atoms with Crippen molar-refractivity contribution in [3.8, 4) is 0 Å². The summed E-state index contributed by atoms with van der Waals surface area (Å²) in [7, 11) is 0. The van der Waals surface area contributed by atoms with Crippen LogP contribution in [0.2, 0.25) is 0 Å². The minimum Gasteiger partial charge on any atom is -0.462 e. The molecule has 2 aliphatic heterocycles. The van der Waals surface area contributed by atoms with Gasteiger partial charge in [-0.15, -0.1) is 0 Å². The van der Waals surface area contributed by atoms with Crippen LogP contribution >= 0.6 is 11.8 Å². The number of benzene rings is 1. The molecule has 0 unspecified atom stereocenters. The lowest BCUT2D eigenvalue weighted by atomic mass is 10.1. The van der Waals surface area contributed by atoms with Crippen LogP contribution in [0.5, 0.6) is 0 Å². The predicted octanol–water partition coefficient (Wildman–Crippen LogP) is 4.41. The maximum Gasteiger partial charge on any atom is 0.340 e. The summed E-state index contributed by atoms with van der Waals surface area (Å²) in [5.74, 6) is -1.46. The van der Waals surface area contributed by atoms with E-state index in [1.165, 1.54) is 0 Å². The highest BCUT2D eigenvalue weighted by atomic mass is 32.2. The van der Waals surface area contributed by atoms with Crippen molar-refractivity contribution in [2.24, 2.45) is 0 Å². The SMILES string of the molecule is CCCOC(=O)c1ccccc1N1C(=O)C(Sc2nc(C)cc(C)n2)=C(N2CCCCCC2)C1=O. The molecule has 8 nitrogen and oxygen atoms in total. The number of carbonyl (C=O) groups is 3. The Morgan fingerprint density at radius 2 is 1.66 bits per heavy atom. The van der Waals surface area contributed by atoms with Gasteiger partial charge in [-0.05, 0) is 63.1 Å². The number of thioether (sulfide) groups is 1. The number of likely N-dealkylation sites (tertiary alicyclic amines) is 1. The third-order valence-electron chi connectivity index (χ3n) is 5.90. The van der Waals surface area contributed by atoms with Crippen molar-refractivity contribution >= 4 is 35.2 Å². The average molecular weight is 495 g/mol. The lowest BCUT2D eigenvalue weighted by Gasteiger charge is -2.24. The number of aryl methyl sites for hydroxylation is 2. The Morgan fingerprint density at radius 1 is 1.00 bits per heavy atom. The fourth-order valence-electron chi connectivity index (χ4n) is 4.33. The van der Waals surface area contributed by atoms with Gasteiger partial charge in [0.05, 0.1) is 17.9 Å². The van der Waals surface area contributed by atoms with Gasteiger partial charge < -0.3 is 9.64 Å².